The summed E-state index contributed by atoms with van der Waals surface area (Å²) in [5, 5.41) is 11.2. The number of hydrogen-bond acceptors (Lipinski definition) is 4. The van der Waals surface area contributed by atoms with Gasteiger partial charge in [0.1, 0.15) is 0 Å². The number of carboxylic acid groups (broad SMARTS) is 1. The van der Waals surface area contributed by atoms with Crippen LogP contribution in [0.1, 0.15) is 23.0 Å². The number of amides is 1. The quantitative estimate of drug-likeness (QED) is 0.797. The fourth-order valence-corrected chi connectivity index (χ4v) is 1.05. The maximum absolute atomic E-state index is 11.0. The summed E-state index contributed by atoms with van der Waals surface area (Å²) in [7, 11) is 0. The number of carboxylic acids is 1. The Kier molecular flexibility index (Phi) is 4.26. The molecule has 6 heteroatoms. The van der Waals surface area contributed by atoms with E-state index >= 15 is 0 Å². The third-order valence-corrected chi connectivity index (χ3v) is 1.75. The van der Waals surface area contributed by atoms with Crippen molar-refractivity contribution in [2.24, 2.45) is 0 Å². The van der Waals surface area contributed by atoms with E-state index in [9.17, 15) is 9.59 Å². The maximum Gasteiger partial charge on any atom is 0.407 e. The van der Waals surface area contributed by atoms with Crippen molar-refractivity contribution in [3.8, 4) is 0 Å². The first-order valence-electron chi connectivity index (χ1n) is 4.72. The molecule has 0 aliphatic carbocycles. The molecular weight excluding hydrogens is 212 g/mol. The average Bonchev–Trinajstić information content (AvgIpc) is 2.27. The summed E-state index contributed by atoms with van der Waals surface area (Å²) in [6.07, 6.45) is 0.830. The standard InChI is InChI=1S/C10H12N2O4/c1-2-16-10(15)12-6-8-5-7(9(13)14)3-4-11-8/h3-5H,2,6H2,1H3,(H,12,15)(H,13,14). The zero-order valence-electron chi connectivity index (χ0n) is 8.77. The van der Waals surface area contributed by atoms with E-state index in [2.05, 4.69) is 15.0 Å². The number of nitrogens with one attached hydrogen (secondary N) is 1. The third-order valence-electron chi connectivity index (χ3n) is 1.75. The minimum atomic E-state index is -1.03. The number of pyridine rings is 1. The second kappa shape index (κ2) is 5.69. The lowest BCUT2D eigenvalue weighted by atomic mass is 10.2. The molecule has 1 aromatic rings. The van der Waals surface area contributed by atoms with Gasteiger partial charge >= 0.3 is 12.1 Å². The van der Waals surface area contributed by atoms with Gasteiger partial charge in [-0.25, -0.2) is 9.59 Å². The highest BCUT2D eigenvalue weighted by Crippen LogP contribution is 2.01. The highest BCUT2D eigenvalue weighted by molar-refractivity contribution is 5.87. The second-order valence-corrected chi connectivity index (χ2v) is 2.92. The van der Waals surface area contributed by atoms with Gasteiger partial charge in [0.25, 0.3) is 0 Å². The molecule has 0 bridgehead atoms. The molecule has 1 amide bonds. The van der Waals surface area contributed by atoms with Crippen LogP contribution >= 0.6 is 0 Å². The molecule has 0 aliphatic heterocycles. The minimum absolute atomic E-state index is 0.135. The fraction of sp³-hybridized carbons (Fsp3) is 0.300. The number of hydrogen-bond donors (Lipinski definition) is 2. The van der Waals surface area contributed by atoms with Gasteiger partial charge in [-0.2, -0.15) is 0 Å². The van der Waals surface area contributed by atoms with Gasteiger partial charge in [-0.3, -0.25) is 4.98 Å². The number of aromatic nitrogens is 1. The molecule has 1 heterocycles. The zero-order valence-corrected chi connectivity index (χ0v) is 8.77. The number of alkyl carbamates (subject to hydrolysis) is 1. The predicted molar refractivity (Wildman–Crippen MR) is 55.1 cm³/mol. The third kappa shape index (κ3) is 3.56. The molecule has 0 saturated heterocycles. The highest BCUT2D eigenvalue weighted by Gasteiger charge is 2.05. The normalized spacial score (nSPS) is 9.56. The zero-order chi connectivity index (χ0) is 12.0. The lowest BCUT2D eigenvalue weighted by molar-refractivity contribution is 0.0696. The molecule has 2 N–H and O–H groups in total. The van der Waals surface area contributed by atoms with Crippen molar-refractivity contribution in [2.45, 2.75) is 13.5 Å². The van der Waals surface area contributed by atoms with E-state index < -0.39 is 12.1 Å². The Morgan fingerprint density at radius 3 is 2.94 bits per heavy atom. The van der Waals surface area contributed by atoms with Gasteiger partial charge in [-0.1, -0.05) is 0 Å². The number of aromatic carboxylic acids is 1. The number of carbonyl (C=O) groups is 2. The lowest BCUT2D eigenvalue weighted by Crippen LogP contribution is -2.24. The summed E-state index contributed by atoms with van der Waals surface area (Å²) in [6, 6.07) is 2.78. The Hall–Kier alpha value is -2.11. The van der Waals surface area contributed by atoms with Gasteiger partial charge in [0, 0.05) is 6.20 Å². The second-order valence-electron chi connectivity index (χ2n) is 2.92. The van der Waals surface area contributed by atoms with Crippen LogP contribution in [0.25, 0.3) is 0 Å². The van der Waals surface area contributed by atoms with E-state index in [-0.39, 0.29) is 18.7 Å². The van der Waals surface area contributed by atoms with E-state index in [1.54, 1.807) is 6.92 Å². The molecule has 0 aromatic carbocycles. The van der Waals surface area contributed by atoms with Crippen molar-refractivity contribution < 1.29 is 19.4 Å². The topological polar surface area (TPSA) is 88.5 Å². The summed E-state index contributed by atoms with van der Waals surface area (Å²) in [5.74, 6) is -1.03. The summed E-state index contributed by atoms with van der Waals surface area (Å²) in [5.41, 5.74) is 0.601. The van der Waals surface area contributed by atoms with Gasteiger partial charge in [0.2, 0.25) is 0 Å². The Labute approximate surface area is 92.3 Å². The highest BCUT2D eigenvalue weighted by atomic mass is 16.5. The van der Waals surface area contributed by atoms with Crippen molar-refractivity contribution in [3.63, 3.8) is 0 Å². The monoisotopic (exact) mass is 224 g/mol. The van der Waals surface area contributed by atoms with E-state index in [1.165, 1.54) is 18.3 Å². The number of nitrogens with zero attached hydrogens (tertiary/aromatic N) is 1. The van der Waals surface area contributed by atoms with Crippen LogP contribution in [0.2, 0.25) is 0 Å². The van der Waals surface area contributed by atoms with E-state index in [4.69, 9.17) is 5.11 Å². The molecule has 0 aliphatic rings. The van der Waals surface area contributed by atoms with Crippen molar-refractivity contribution in [1.82, 2.24) is 10.3 Å². The summed E-state index contributed by atoms with van der Waals surface area (Å²) < 4.78 is 4.65. The van der Waals surface area contributed by atoms with Crippen LogP contribution < -0.4 is 5.32 Å². The summed E-state index contributed by atoms with van der Waals surface area (Å²) in [6.45, 7) is 2.12. The average molecular weight is 224 g/mol. The van der Waals surface area contributed by atoms with Gasteiger partial charge in [-0.15, -0.1) is 0 Å². The van der Waals surface area contributed by atoms with Crippen molar-refractivity contribution in [1.29, 1.82) is 0 Å². The Morgan fingerprint density at radius 2 is 2.31 bits per heavy atom. The van der Waals surface area contributed by atoms with Crippen LogP contribution in [-0.4, -0.2) is 28.8 Å². The first-order valence-corrected chi connectivity index (χ1v) is 4.72. The smallest absolute Gasteiger partial charge is 0.407 e. The molecule has 0 radical (unpaired) electrons. The molecule has 0 unspecified atom stereocenters. The number of ether oxygens (including phenoxy) is 1. The molecule has 86 valence electrons. The van der Waals surface area contributed by atoms with Crippen LogP contribution in [0.15, 0.2) is 18.3 Å². The molecule has 16 heavy (non-hydrogen) atoms. The van der Waals surface area contributed by atoms with Gasteiger partial charge < -0.3 is 15.2 Å². The molecule has 0 saturated carbocycles. The molecule has 0 atom stereocenters. The largest absolute Gasteiger partial charge is 0.478 e. The molecule has 0 fully saturated rings. The summed E-state index contributed by atoms with van der Waals surface area (Å²) >= 11 is 0. The van der Waals surface area contributed by atoms with Crippen molar-refractivity contribution >= 4 is 12.1 Å². The van der Waals surface area contributed by atoms with Crippen LogP contribution in [0, 0.1) is 0 Å². The Bertz CT molecular complexity index is 392. The minimum Gasteiger partial charge on any atom is -0.478 e. The first-order chi connectivity index (χ1) is 7.63. The van der Waals surface area contributed by atoms with Crippen molar-refractivity contribution in [3.05, 3.63) is 29.6 Å². The molecule has 1 aromatic heterocycles. The van der Waals surface area contributed by atoms with E-state index in [1.807, 2.05) is 0 Å². The first kappa shape index (κ1) is 12.0. The van der Waals surface area contributed by atoms with E-state index in [0.29, 0.717) is 5.69 Å². The van der Waals surface area contributed by atoms with Crippen LogP contribution in [-0.2, 0) is 11.3 Å². The number of carbonyl (C=O) groups excluding carboxylic acids is 1. The molecule has 6 nitrogen and oxygen atoms in total. The van der Waals surface area contributed by atoms with Gasteiger partial charge in [0.15, 0.2) is 0 Å². The van der Waals surface area contributed by atoms with Crippen LogP contribution in [0.5, 0.6) is 0 Å². The molecular formula is C10H12N2O4. The Morgan fingerprint density at radius 1 is 1.56 bits per heavy atom. The lowest BCUT2D eigenvalue weighted by Gasteiger charge is -2.04. The number of rotatable bonds is 4. The fourth-order valence-electron chi connectivity index (χ4n) is 1.05. The molecule has 0 spiro atoms. The van der Waals surface area contributed by atoms with Crippen molar-refractivity contribution in [2.75, 3.05) is 6.61 Å². The SMILES string of the molecule is CCOC(=O)NCc1cc(C(=O)O)ccn1. The maximum atomic E-state index is 11.0. The summed E-state index contributed by atoms with van der Waals surface area (Å²) in [4.78, 5) is 25.5. The Balaban J connectivity index is 2.57. The predicted octanol–water partition coefficient (Wildman–Crippen LogP) is 1.03. The van der Waals surface area contributed by atoms with E-state index in [0.717, 1.165) is 0 Å². The van der Waals surface area contributed by atoms with Crippen LogP contribution in [0.4, 0.5) is 4.79 Å². The van der Waals surface area contributed by atoms with Gasteiger partial charge in [-0.05, 0) is 19.1 Å². The van der Waals surface area contributed by atoms with Gasteiger partial charge in [0.05, 0.1) is 24.4 Å². The van der Waals surface area contributed by atoms with Crippen LogP contribution in [0.3, 0.4) is 0 Å². The molecule has 1 rings (SSSR count).